The van der Waals surface area contributed by atoms with Gasteiger partial charge in [-0.05, 0) is 43.4 Å². The highest BCUT2D eigenvalue weighted by Crippen LogP contribution is 2.26. The van der Waals surface area contributed by atoms with Gasteiger partial charge in [-0.1, -0.05) is 37.7 Å². The highest BCUT2D eigenvalue weighted by molar-refractivity contribution is 8.14. The molecule has 0 unspecified atom stereocenters. The maximum absolute atomic E-state index is 12.7. The van der Waals surface area contributed by atoms with Gasteiger partial charge in [0.25, 0.3) is 0 Å². The molecular formula is C20H21NO2S2. The summed E-state index contributed by atoms with van der Waals surface area (Å²) in [5.74, 6) is 0.767. The summed E-state index contributed by atoms with van der Waals surface area (Å²) >= 11 is 2.92. The summed E-state index contributed by atoms with van der Waals surface area (Å²) in [7, 11) is 0. The molecule has 0 amide bonds. The van der Waals surface area contributed by atoms with E-state index in [-0.39, 0.29) is 10.5 Å². The monoisotopic (exact) mass is 371 g/mol. The van der Waals surface area contributed by atoms with E-state index in [1.54, 1.807) is 17.4 Å². The van der Waals surface area contributed by atoms with E-state index in [1.807, 2.05) is 36.4 Å². The van der Waals surface area contributed by atoms with Crippen LogP contribution in [0.4, 0.5) is 0 Å². The largest absolute Gasteiger partial charge is 0.303 e. The van der Waals surface area contributed by atoms with Gasteiger partial charge in [-0.25, -0.2) is 0 Å². The van der Waals surface area contributed by atoms with Crippen LogP contribution < -0.4 is 5.43 Å². The smallest absolute Gasteiger partial charge is 0.219 e. The molecule has 1 heterocycles. The Morgan fingerprint density at radius 1 is 1.04 bits per heavy atom. The number of rotatable bonds is 6. The summed E-state index contributed by atoms with van der Waals surface area (Å²) in [6.07, 6.45) is 0. The van der Waals surface area contributed by atoms with Crippen molar-refractivity contribution >= 4 is 48.4 Å². The fourth-order valence-corrected chi connectivity index (χ4v) is 4.70. The Hall–Kier alpha value is -1.69. The van der Waals surface area contributed by atoms with Gasteiger partial charge in [0, 0.05) is 38.0 Å². The fourth-order valence-electron chi connectivity index (χ4n) is 2.82. The van der Waals surface area contributed by atoms with Crippen LogP contribution in [-0.2, 0) is 0 Å². The van der Waals surface area contributed by atoms with Crippen molar-refractivity contribution < 1.29 is 4.79 Å². The number of carbonyl (C=O) groups is 1. The second-order valence-electron chi connectivity index (χ2n) is 5.80. The highest BCUT2D eigenvalue weighted by atomic mass is 32.2. The predicted octanol–water partition coefficient (Wildman–Crippen LogP) is 4.63. The summed E-state index contributed by atoms with van der Waals surface area (Å²) in [4.78, 5) is 27.5. The third-order valence-corrected chi connectivity index (χ3v) is 6.38. The summed E-state index contributed by atoms with van der Waals surface area (Å²) in [6, 6.07) is 13.1. The molecule has 3 aromatic rings. The van der Waals surface area contributed by atoms with E-state index in [9.17, 15) is 9.59 Å². The molecule has 0 aliphatic heterocycles. The van der Waals surface area contributed by atoms with Crippen molar-refractivity contribution in [2.75, 3.05) is 25.4 Å². The van der Waals surface area contributed by atoms with Crippen molar-refractivity contribution in [1.29, 1.82) is 0 Å². The predicted molar refractivity (Wildman–Crippen MR) is 110 cm³/mol. The second kappa shape index (κ2) is 8.13. The van der Waals surface area contributed by atoms with E-state index in [1.165, 1.54) is 11.8 Å². The Bertz CT molecular complexity index is 961. The molecule has 0 atom stereocenters. The second-order valence-corrected chi connectivity index (χ2v) is 7.95. The molecule has 0 fully saturated rings. The molecular weight excluding hydrogens is 350 g/mol. The quantitative estimate of drug-likeness (QED) is 0.592. The molecule has 0 radical (unpaired) electrons. The number of carbonyl (C=O) groups excluding carboxylic acids is 1. The standard InChI is InChI=1S/C20H21NO2S2/c1-3-21(4-2)11-12-24-20(23)14-9-10-18-16(13-14)19(22)15-7-5-6-8-17(15)25-18/h5-10,13H,3-4,11-12H2,1-2H3. The first kappa shape index (κ1) is 18.1. The maximum Gasteiger partial charge on any atom is 0.219 e. The van der Waals surface area contributed by atoms with Gasteiger partial charge in [-0.3, -0.25) is 9.59 Å². The first-order valence-corrected chi connectivity index (χ1v) is 10.3. The molecule has 0 aliphatic carbocycles. The van der Waals surface area contributed by atoms with E-state index in [0.29, 0.717) is 10.9 Å². The Balaban J connectivity index is 1.85. The molecule has 1 aromatic heterocycles. The van der Waals surface area contributed by atoms with E-state index in [4.69, 9.17) is 0 Å². The number of benzene rings is 2. The van der Waals surface area contributed by atoms with E-state index in [2.05, 4.69) is 18.7 Å². The summed E-state index contributed by atoms with van der Waals surface area (Å²) < 4.78 is 1.90. The molecule has 0 N–H and O–H groups in total. The van der Waals surface area contributed by atoms with Crippen LogP contribution in [0.3, 0.4) is 0 Å². The Morgan fingerprint density at radius 2 is 1.76 bits per heavy atom. The van der Waals surface area contributed by atoms with Gasteiger partial charge < -0.3 is 4.90 Å². The van der Waals surface area contributed by atoms with Crippen molar-refractivity contribution in [3.63, 3.8) is 0 Å². The van der Waals surface area contributed by atoms with Crippen molar-refractivity contribution in [3.05, 3.63) is 58.3 Å². The normalized spacial score (nSPS) is 11.5. The summed E-state index contributed by atoms with van der Waals surface area (Å²) in [6.45, 7) is 7.14. The molecule has 5 heteroatoms. The molecule has 0 bridgehead atoms. The van der Waals surface area contributed by atoms with Gasteiger partial charge >= 0.3 is 0 Å². The van der Waals surface area contributed by atoms with E-state index >= 15 is 0 Å². The van der Waals surface area contributed by atoms with E-state index < -0.39 is 0 Å². The van der Waals surface area contributed by atoms with Crippen molar-refractivity contribution in [2.24, 2.45) is 0 Å². The lowest BCUT2D eigenvalue weighted by Crippen LogP contribution is -2.25. The number of fused-ring (bicyclic) bond motifs is 2. The first-order valence-electron chi connectivity index (χ1n) is 8.49. The van der Waals surface area contributed by atoms with Crippen LogP contribution in [0.2, 0.25) is 0 Å². The minimum Gasteiger partial charge on any atom is -0.303 e. The Morgan fingerprint density at radius 3 is 2.52 bits per heavy atom. The van der Waals surface area contributed by atoms with Gasteiger partial charge in [0.05, 0.1) is 0 Å². The molecule has 0 saturated heterocycles. The molecule has 0 saturated carbocycles. The number of thioether (sulfide) groups is 1. The molecule has 0 spiro atoms. The third-order valence-electron chi connectivity index (χ3n) is 4.35. The molecule has 3 nitrogen and oxygen atoms in total. The van der Waals surface area contributed by atoms with Crippen LogP contribution in [0.1, 0.15) is 24.2 Å². The SMILES string of the molecule is CCN(CC)CCSC(=O)c1ccc2sc3ccccc3c(=O)c2c1. The topological polar surface area (TPSA) is 37.4 Å². The summed E-state index contributed by atoms with van der Waals surface area (Å²) in [5.41, 5.74) is 0.615. The molecule has 3 rings (SSSR count). The van der Waals surface area contributed by atoms with Gasteiger partial charge in [-0.2, -0.15) is 0 Å². The lowest BCUT2D eigenvalue weighted by Gasteiger charge is -2.16. The third kappa shape index (κ3) is 3.94. The highest BCUT2D eigenvalue weighted by Gasteiger charge is 2.11. The molecule has 130 valence electrons. The minimum atomic E-state index is 0.00661. The summed E-state index contributed by atoms with van der Waals surface area (Å²) in [5, 5.41) is 1.39. The van der Waals surface area contributed by atoms with Crippen molar-refractivity contribution in [1.82, 2.24) is 4.90 Å². The zero-order chi connectivity index (χ0) is 17.8. The minimum absolute atomic E-state index is 0.00661. The van der Waals surface area contributed by atoms with Crippen molar-refractivity contribution in [3.8, 4) is 0 Å². The van der Waals surface area contributed by atoms with Gasteiger partial charge in [-0.15, -0.1) is 11.3 Å². The zero-order valence-corrected chi connectivity index (χ0v) is 16.1. The van der Waals surface area contributed by atoms with Crippen LogP contribution in [0.5, 0.6) is 0 Å². The molecule has 0 aliphatic rings. The van der Waals surface area contributed by atoms with E-state index in [0.717, 1.165) is 40.2 Å². The van der Waals surface area contributed by atoms with Crippen LogP contribution in [-0.4, -0.2) is 35.4 Å². The Labute approximate surface area is 155 Å². The fraction of sp³-hybridized carbons (Fsp3) is 0.300. The van der Waals surface area contributed by atoms with Crippen LogP contribution >= 0.6 is 23.1 Å². The van der Waals surface area contributed by atoms with Crippen LogP contribution in [0.15, 0.2) is 47.3 Å². The Kier molecular flexibility index (Phi) is 5.89. The first-order chi connectivity index (χ1) is 12.1. The maximum atomic E-state index is 12.7. The lowest BCUT2D eigenvalue weighted by atomic mass is 10.1. The molecule has 25 heavy (non-hydrogen) atoms. The van der Waals surface area contributed by atoms with Crippen LogP contribution in [0.25, 0.3) is 20.2 Å². The molecule has 2 aromatic carbocycles. The van der Waals surface area contributed by atoms with Gasteiger partial charge in [0.15, 0.2) is 5.43 Å². The number of hydrogen-bond acceptors (Lipinski definition) is 5. The van der Waals surface area contributed by atoms with Gasteiger partial charge in [0.2, 0.25) is 5.12 Å². The number of hydrogen-bond donors (Lipinski definition) is 0. The average molecular weight is 372 g/mol. The zero-order valence-electron chi connectivity index (χ0n) is 14.5. The van der Waals surface area contributed by atoms with Crippen LogP contribution in [0, 0.1) is 0 Å². The van der Waals surface area contributed by atoms with Crippen molar-refractivity contribution in [2.45, 2.75) is 13.8 Å². The average Bonchev–Trinajstić information content (AvgIpc) is 2.65. The number of nitrogens with zero attached hydrogens (tertiary/aromatic N) is 1. The van der Waals surface area contributed by atoms with Gasteiger partial charge in [0.1, 0.15) is 0 Å². The lowest BCUT2D eigenvalue weighted by molar-refractivity contribution is 0.108.